The Morgan fingerprint density at radius 2 is 1.69 bits per heavy atom. The first-order chi connectivity index (χ1) is 21.4. The van der Waals surface area contributed by atoms with Crippen LogP contribution in [-0.2, 0) is 27.6 Å². The number of hydrazone groups is 1. The number of nitrogens with zero attached hydrogens (tertiary/aromatic N) is 2. The van der Waals surface area contributed by atoms with Gasteiger partial charge in [0.05, 0.1) is 34.0 Å². The number of nitrogens with one attached hydrogen (secondary N) is 1. The molecule has 0 fully saturated rings. The fraction of sp³-hybridized carbons (Fsp3) is 0.161. The van der Waals surface area contributed by atoms with Crippen LogP contribution in [0.15, 0.2) is 101 Å². The van der Waals surface area contributed by atoms with Gasteiger partial charge in [-0.2, -0.15) is 18.3 Å². The fourth-order valence-electron chi connectivity index (χ4n) is 4.05. The molecule has 0 saturated heterocycles. The normalized spacial score (nSPS) is 11.8. The van der Waals surface area contributed by atoms with Crippen molar-refractivity contribution in [1.82, 2.24) is 5.43 Å². The largest absolute Gasteiger partial charge is 0.490 e. The van der Waals surface area contributed by atoms with Crippen LogP contribution in [0.25, 0.3) is 0 Å². The Hall–Kier alpha value is -4.26. The minimum atomic E-state index is -4.86. The Labute approximate surface area is 268 Å². The van der Waals surface area contributed by atoms with Crippen molar-refractivity contribution >= 4 is 51.0 Å². The van der Waals surface area contributed by atoms with Crippen molar-refractivity contribution in [2.75, 3.05) is 17.5 Å². The van der Waals surface area contributed by atoms with Gasteiger partial charge in [-0.3, -0.25) is 9.10 Å². The number of hydrogen-bond acceptors (Lipinski definition) is 6. The predicted octanol–water partition coefficient (Wildman–Crippen LogP) is 7.34. The summed E-state index contributed by atoms with van der Waals surface area (Å²) in [7, 11) is -4.47. The number of rotatable bonds is 12. The molecule has 8 nitrogen and oxygen atoms in total. The highest BCUT2D eigenvalue weighted by Gasteiger charge is 2.35. The molecule has 1 N–H and O–H groups in total. The first-order valence-corrected chi connectivity index (χ1v) is 15.5. The smallest absolute Gasteiger partial charge is 0.417 e. The lowest BCUT2D eigenvalue weighted by Crippen LogP contribution is -2.39. The number of alkyl halides is 3. The highest BCUT2D eigenvalue weighted by Crippen LogP contribution is 2.38. The van der Waals surface area contributed by atoms with Crippen LogP contribution in [0.5, 0.6) is 11.5 Å². The van der Waals surface area contributed by atoms with Crippen LogP contribution in [0, 0.1) is 0 Å². The third-order valence-corrected chi connectivity index (χ3v) is 8.47. The van der Waals surface area contributed by atoms with E-state index < -0.39 is 44.9 Å². The molecule has 0 aliphatic rings. The van der Waals surface area contributed by atoms with E-state index in [9.17, 15) is 26.4 Å². The average molecular weight is 681 g/mol. The van der Waals surface area contributed by atoms with Gasteiger partial charge in [0.2, 0.25) is 0 Å². The van der Waals surface area contributed by atoms with Crippen LogP contribution in [0.1, 0.15) is 23.6 Å². The van der Waals surface area contributed by atoms with Crippen molar-refractivity contribution in [3.63, 3.8) is 0 Å². The van der Waals surface area contributed by atoms with Gasteiger partial charge in [-0.05, 0) is 78.7 Å². The molecule has 0 aromatic heterocycles. The summed E-state index contributed by atoms with van der Waals surface area (Å²) in [6.45, 7) is 1.51. The molecular formula is C31H26Cl2F3N3O5S. The number of amides is 1. The van der Waals surface area contributed by atoms with Gasteiger partial charge in [0.25, 0.3) is 15.9 Å². The lowest BCUT2D eigenvalue weighted by molar-refractivity contribution is -0.137. The van der Waals surface area contributed by atoms with Crippen molar-refractivity contribution in [3.8, 4) is 11.5 Å². The molecule has 0 heterocycles. The molecule has 0 atom stereocenters. The number of ether oxygens (including phenoxy) is 2. The molecule has 0 radical (unpaired) electrons. The molecule has 4 aromatic carbocycles. The third kappa shape index (κ3) is 8.90. The molecule has 0 bridgehead atoms. The first kappa shape index (κ1) is 33.6. The second-order valence-corrected chi connectivity index (χ2v) is 12.0. The number of anilines is 1. The number of sulfonamides is 1. The number of hydrogen-bond donors (Lipinski definition) is 1. The van der Waals surface area contributed by atoms with E-state index in [-0.39, 0.29) is 11.5 Å². The molecule has 1 amide bonds. The summed E-state index contributed by atoms with van der Waals surface area (Å²) >= 11 is 11.8. The zero-order valence-electron chi connectivity index (χ0n) is 23.6. The highest BCUT2D eigenvalue weighted by molar-refractivity contribution is 7.92. The molecule has 0 saturated carbocycles. The summed E-state index contributed by atoms with van der Waals surface area (Å²) in [5.41, 5.74) is 1.92. The Morgan fingerprint density at radius 3 is 2.38 bits per heavy atom. The van der Waals surface area contributed by atoms with E-state index >= 15 is 0 Å². The summed E-state index contributed by atoms with van der Waals surface area (Å²) < 4.78 is 79.7. The van der Waals surface area contributed by atoms with Gasteiger partial charge >= 0.3 is 6.18 Å². The number of halogens is 5. The molecule has 0 aliphatic heterocycles. The van der Waals surface area contributed by atoms with Crippen molar-refractivity contribution in [2.24, 2.45) is 5.10 Å². The zero-order valence-corrected chi connectivity index (χ0v) is 25.9. The highest BCUT2D eigenvalue weighted by atomic mass is 35.5. The molecule has 14 heteroatoms. The number of benzene rings is 4. The topological polar surface area (TPSA) is 97.3 Å². The second-order valence-electron chi connectivity index (χ2n) is 9.34. The molecule has 236 valence electrons. The summed E-state index contributed by atoms with van der Waals surface area (Å²) in [5, 5.41) is 3.85. The van der Waals surface area contributed by atoms with E-state index in [1.807, 2.05) is 12.1 Å². The van der Waals surface area contributed by atoms with E-state index in [0.717, 1.165) is 17.7 Å². The van der Waals surface area contributed by atoms with E-state index in [4.69, 9.17) is 32.7 Å². The van der Waals surface area contributed by atoms with Gasteiger partial charge in [-0.25, -0.2) is 13.8 Å². The minimum absolute atomic E-state index is 0.231. The molecular weight excluding hydrogens is 654 g/mol. The Bertz CT molecular complexity index is 1790. The van der Waals surface area contributed by atoms with Crippen LogP contribution in [0.3, 0.4) is 0 Å². The zero-order chi connectivity index (χ0) is 32.6. The lowest BCUT2D eigenvalue weighted by atomic mass is 10.2. The monoisotopic (exact) mass is 679 g/mol. The number of carbonyl (C=O) groups excluding carboxylic acids is 1. The van der Waals surface area contributed by atoms with Crippen LogP contribution >= 0.6 is 23.2 Å². The maximum Gasteiger partial charge on any atom is 0.417 e. The van der Waals surface area contributed by atoms with Gasteiger partial charge in [0.1, 0.15) is 13.2 Å². The van der Waals surface area contributed by atoms with Crippen molar-refractivity contribution < 1.29 is 35.9 Å². The maximum atomic E-state index is 13.6. The van der Waals surface area contributed by atoms with E-state index in [1.54, 1.807) is 43.3 Å². The number of carbonyl (C=O) groups is 1. The Balaban J connectivity index is 1.52. The predicted molar refractivity (Wildman–Crippen MR) is 167 cm³/mol. The van der Waals surface area contributed by atoms with Crippen LogP contribution in [0.2, 0.25) is 10.0 Å². The second kappa shape index (κ2) is 14.7. The van der Waals surface area contributed by atoms with E-state index in [0.29, 0.717) is 39.1 Å². The fourth-order valence-corrected chi connectivity index (χ4v) is 5.92. The SMILES string of the molecule is CCOc1cc(/C=N/NC(=O)CN(c2ccc(Cl)c(C(F)(F)F)c2)S(=O)(=O)c2ccccc2)ccc1OCc1cccc(Cl)c1. The van der Waals surface area contributed by atoms with Crippen LogP contribution < -0.4 is 19.2 Å². The molecule has 0 spiro atoms. The van der Waals surface area contributed by atoms with Gasteiger partial charge in [0, 0.05) is 5.02 Å². The van der Waals surface area contributed by atoms with E-state index in [2.05, 4.69) is 10.5 Å². The van der Waals surface area contributed by atoms with Crippen LogP contribution in [-0.4, -0.2) is 33.7 Å². The van der Waals surface area contributed by atoms with Crippen molar-refractivity contribution in [1.29, 1.82) is 0 Å². The summed E-state index contributed by atoms with van der Waals surface area (Å²) in [4.78, 5) is 12.6. The third-order valence-electron chi connectivity index (χ3n) is 6.12. The lowest BCUT2D eigenvalue weighted by Gasteiger charge is -2.24. The average Bonchev–Trinajstić information content (AvgIpc) is 3.00. The van der Waals surface area contributed by atoms with Crippen molar-refractivity contribution in [2.45, 2.75) is 24.6 Å². The molecule has 0 unspecified atom stereocenters. The summed E-state index contributed by atoms with van der Waals surface area (Å²) in [5.74, 6) is -0.0418. The van der Waals surface area contributed by atoms with E-state index in [1.165, 1.54) is 30.5 Å². The van der Waals surface area contributed by atoms with Gasteiger partial charge in [0.15, 0.2) is 11.5 Å². The molecule has 0 aliphatic carbocycles. The van der Waals surface area contributed by atoms with Gasteiger partial charge in [-0.15, -0.1) is 0 Å². The quantitative estimate of drug-likeness (QED) is 0.125. The van der Waals surface area contributed by atoms with Crippen LogP contribution in [0.4, 0.5) is 18.9 Å². The summed E-state index contributed by atoms with van der Waals surface area (Å²) in [6.07, 6.45) is -3.57. The molecule has 4 aromatic rings. The Morgan fingerprint density at radius 1 is 0.933 bits per heavy atom. The van der Waals surface area contributed by atoms with Crippen molar-refractivity contribution in [3.05, 3.63) is 118 Å². The standard InChI is InChI=1S/C31H26Cl2F3N3O5S/c1-2-43-29-16-21(11-14-28(29)44-20-22-7-6-8-23(32)15-22)18-37-38-30(40)19-39(45(41,42)25-9-4-3-5-10-25)24-12-13-27(33)26(17-24)31(34,35)36/h3-18H,2,19-20H2,1H3,(H,38,40)/b37-18+. The van der Waals surface area contributed by atoms with Gasteiger partial charge < -0.3 is 9.47 Å². The minimum Gasteiger partial charge on any atom is -0.490 e. The Kier molecular flexibility index (Phi) is 11.0. The molecule has 45 heavy (non-hydrogen) atoms. The molecule has 4 rings (SSSR count). The first-order valence-electron chi connectivity index (χ1n) is 13.3. The summed E-state index contributed by atoms with van der Waals surface area (Å²) in [6, 6.07) is 21.7. The maximum absolute atomic E-state index is 13.6. The van der Waals surface area contributed by atoms with Gasteiger partial charge in [-0.1, -0.05) is 53.5 Å².